The SMILES string of the molecule is CCOc1ccc(N2C(=O)/C(=C\c3ccco3)N=C2c2ccccc2)cc1. The minimum absolute atomic E-state index is 0.200. The average Bonchev–Trinajstić information content (AvgIpc) is 3.32. The molecule has 0 bridgehead atoms. The molecule has 134 valence electrons. The van der Waals surface area contributed by atoms with Crippen LogP contribution in [0.15, 0.2) is 88.1 Å². The summed E-state index contributed by atoms with van der Waals surface area (Å²) in [6.45, 7) is 2.53. The van der Waals surface area contributed by atoms with Crippen molar-refractivity contribution in [1.29, 1.82) is 0 Å². The summed E-state index contributed by atoms with van der Waals surface area (Å²) >= 11 is 0. The number of aliphatic imine (C=N–C) groups is 1. The van der Waals surface area contributed by atoms with Gasteiger partial charge < -0.3 is 9.15 Å². The van der Waals surface area contributed by atoms with Crippen LogP contribution in [0.5, 0.6) is 5.75 Å². The number of ether oxygens (including phenoxy) is 1. The molecule has 1 amide bonds. The molecular formula is C22H18N2O3. The Hall–Kier alpha value is -3.60. The van der Waals surface area contributed by atoms with Gasteiger partial charge in [-0.1, -0.05) is 30.3 Å². The lowest BCUT2D eigenvalue weighted by atomic mass is 10.1. The number of benzene rings is 2. The van der Waals surface area contributed by atoms with Crippen LogP contribution in [0.4, 0.5) is 5.69 Å². The fourth-order valence-corrected chi connectivity index (χ4v) is 2.90. The Labute approximate surface area is 157 Å². The van der Waals surface area contributed by atoms with E-state index in [0.29, 0.717) is 23.9 Å². The summed E-state index contributed by atoms with van der Waals surface area (Å²) in [6, 6.07) is 20.6. The second-order valence-corrected chi connectivity index (χ2v) is 5.91. The predicted molar refractivity (Wildman–Crippen MR) is 105 cm³/mol. The first-order valence-electron chi connectivity index (χ1n) is 8.73. The normalized spacial score (nSPS) is 15.3. The Kier molecular flexibility index (Phi) is 4.58. The first-order chi connectivity index (χ1) is 13.3. The zero-order valence-electron chi connectivity index (χ0n) is 14.8. The molecule has 1 aromatic heterocycles. The molecule has 0 atom stereocenters. The topological polar surface area (TPSA) is 55.0 Å². The fourth-order valence-electron chi connectivity index (χ4n) is 2.90. The van der Waals surface area contributed by atoms with Crippen molar-refractivity contribution in [2.45, 2.75) is 6.92 Å². The number of carbonyl (C=O) groups is 1. The fraction of sp³-hybridized carbons (Fsp3) is 0.0909. The van der Waals surface area contributed by atoms with Crippen LogP contribution in [0.25, 0.3) is 6.08 Å². The molecule has 27 heavy (non-hydrogen) atoms. The Bertz CT molecular complexity index is 988. The van der Waals surface area contributed by atoms with Gasteiger partial charge in [0.1, 0.15) is 23.0 Å². The minimum atomic E-state index is -0.200. The molecule has 0 saturated carbocycles. The van der Waals surface area contributed by atoms with Crippen molar-refractivity contribution >= 4 is 23.5 Å². The Morgan fingerprint density at radius 2 is 1.81 bits per heavy atom. The number of hydrogen-bond acceptors (Lipinski definition) is 4. The summed E-state index contributed by atoms with van der Waals surface area (Å²) in [5, 5.41) is 0. The van der Waals surface area contributed by atoms with Crippen LogP contribution in [-0.2, 0) is 4.79 Å². The highest BCUT2D eigenvalue weighted by molar-refractivity contribution is 6.33. The molecule has 4 rings (SSSR count). The second-order valence-electron chi connectivity index (χ2n) is 5.91. The number of furan rings is 1. The lowest BCUT2D eigenvalue weighted by molar-refractivity contribution is -0.113. The van der Waals surface area contributed by atoms with Gasteiger partial charge in [0.15, 0.2) is 0 Å². The summed E-state index contributed by atoms with van der Waals surface area (Å²) in [5.41, 5.74) is 1.93. The molecule has 0 fully saturated rings. The van der Waals surface area contributed by atoms with E-state index in [-0.39, 0.29) is 5.91 Å². The van der Waals surface area contributed by atoms with Crippen LogP contribution in [0.3, 0.4) is 0 Å². The molecule has 0 spiro atoms. The Morgan fingerprint density at radius 3 is 2.48 bits per heavy atom. The number of amidine groups is 1. The van der Waals surface area contributed by atoms with Gasteiger partial charge >= 0.3 is 0 Å². The van der Waals surface area contributed by atoms with Crippen molar-refractivity contribution < 1.29 is 13.9 Å². The van der Waals surface area contributed by atoms with Crippen molar-refractivity contribution in [1.82, 2.24) is 0 Å². The standard InChI is InChI=1S/C22H18N2O3/c1-2-26-18-12-10-17(11-13-18)24-21(16-7-4-3-5-8-16)23-20(22(24)25)15-19-9-6-14-27-19/h3-15H,2H2,1H3/b20-15+. The van der Waals surface area contributed by atoms with E-state index in [0.717, 1.165) is 17.0 Å². The average molecular weight is 358 g/mol. The number of hydrogen-bond donors (Lipinski definition) is 0. The highest BCUT2D eigenvalue weighted by Gasteiger charge is 2.32. The Balaban J connectivity index is 1.76. The Morgan fingerprint density at radius 1 is 1.04 bits per heavy atom. The lowest BCUT2D eigenvalue weighted by Crippen LogP contribution is -2.32. The third-order valence-electron chi connectivity index (χ3n) is 4.12. The second kappa shape index (κ2) is 7.33. The van der Waals surface area contributed by atoms with Gasteiger partial charge in [-0.05, 0) is 43.3 Å². The maximum absolute atomic E-state index is 13.1. The molecule has 0 aliphatic carbocycles. The van der Waals surface area contributed by atoms with E-state index in [1.54, 1.807) is 29.4 Å². The first-order valence-corrected chi connectivity index (χ1v) is 8.73. The molecule has 0 radical (unpaired) electrons. The van der Waals surface area contributed by atoms with Gasteiger partial charge in [-0.15, -0.1) is 0 Å². The number of rotatable bonds is 5. The van der Waals surface area contributed by atoms with Gasteiger partial charge in [0, 0.05) is 11.6 Å². The van der Waals surface area contributed by atoms with E-state index in [1.165, 1.54) is 0 Å². The summed E-state index contributed by atoms with van der Waals surface area (Å²) in [4.78, 5) is 19.3. The third kappa shape index (κ3) is 3.40. The van der Waals surface area contributed by atoms with Crippen molar-refractivity contribution in [3.8, 4) is 5.75 Å². The van der Waals surface area contributed by atoms with Crippen LogP contribution >= 0.6 is 0 Å². The highest BCUT2D eigenvalue weighted by atomic mass is 16.5. The molecule has 1 aliphatic heterocycles. The zero-order valence-corrected chi connectivity index (χ0v) is 14.8. The molecular weight excluding hydrogens is 340 g/mol. The van der Waals surface area contributed by atoms with Gasteiger partial charge in [-0.3, -0.25) is 9.69 Å². The van der Waals surface area contributed by atoms with Gasteiger partial charge in [-0.25, -0.2) is 4.99 Å². The molecule has 0 unspecified atom stereocenters. The van der Waals surface area contributed by atoms with E-state index >= 15 is 0 Å². The van der Waals surface area contributed by atoms with E-state index in [4.69, 9.17) is 9.15 Å². The number of carbonyl (C=O) groups excluding carboxylic acids is 1. The molecule has 5 heteroatoms. The maximum Gasteiger partial charge on any atom is 0.282 e. The van der Waals surface area contributed by atoms with Gasteiger partial charge in [0.05, 0.1) is 18.6 Å². The maximum atomic E-state index is 13.1. The smallest absolute Gasteiger partial charge is 0.282 e. The minimum Gasteiger partial charge on any atom is -0.494 e. The van der Waals surface area contributed by atoms with E-state index < -0.39 is 0 Å². The van der Waals surface area contributed by atoms with Crippen LogP contribution < -0.4 is 9.64 Å². The highest BCUT2D eigenvalue weighted by Crippen LogP contribution is 2.29. The van der Waals surface area contributed by atoms with Crippen LogP contribution in [-0.4, -0.2) is 18.3 Å². The van der Waals surface area contributed by atoms with Crippen molar-refractivity contribution in [3.63, 3.8) is 0 Å². The van der Waals surface area contributed by atoms with E-state index in [1.807, 2.05) is 61.5 Å². The van der Waals surface area contributed by atoms with Gasteiger partial charge in [-0.2, -0.15) is 0 Å². The molecule has 0 N–H and O–H groups in total. The summed E-state index contributed by atoms with van der Waals surface area (Å²) in [6.07, 6.45) is 3.22. The lowest BCUT2D eigenvalue weighted by Gasteiger charge is -2.19. The van der Waals surface area contributed by atoms with Crippen molar-refractivity contribution in [2.75, 3.05) is 11.5 Å². The summed E-state index contributed by atoms with van der Waals surface area (Å²) < 4.78 is 10.8. The molecule has 0 saturated heterocycles. The third-order valence-corrected chi connectivity index (χ3v) is 4.12. The number of amides is 1. The van der Waals surface area contributed by atoms with Gasteiger partial charge in [0.2, 0.25) is 0 Å². The van der Waals surface area contributed by atoms with Gasteiger partial charge in [0.25, 0.3) is 5.91 Å². The number of anilines is 1. The largest absolute Gasteiger partial charge is 0.494 e. The predicted octanol–water partition coefficient (Wildman–Crippen LogP) is 4.51. The molecule has 3 aromatic rings. The van der Waals surface area contributed by atoms with Crippen molar-refractivity contribution in [3.05, 3.63) is 90.0 Å². The van der Waals surface area contributed by atoms with Crippen LogP contribution in [0, 0.1) is 0 Å². The van der Waals surface area contributed by atoms with E-state index in [2.05, 4.69) is 4.99 Å². The van der Waals surface area contributed by atoms with Crippen LogP contribution in [0.2, 0.25) is 0 Å². The monoisotopic (exact) mass is 358 g/mol. The molecule has 5 nitrogen and oxygen atoms in total. The molecule has 2 aromatic carbocycles. The summed E-state index contributed by atoms with van der Waals surface area (Å²) in [5.74, 6) is 1.73. The molecule has 1 aliphatic rings. The van der Waals surface area contributed by atoms with E-state index in [9.17, 15) is 4.79 Å². The molecule has 2 heterocycles. The number of nitrogens with zero attached hydrogens (tertiary/aromatic N) is 2. The van der Waals surface area contributed by atoms with Crippen molar-refractivity contribution in [2.24, 2.45) is 4.99 Å². The summed E-state index contributed by atoms with van der Waals surface area (Å²) in [7, 11) is 0. The quantitative estimate of drug-likeness (QED) is 0.631. The van der Waals surface area contributed by atoms with Crippen LogP contribution in [0.1, 0.15) is 18.2 Å². The zero-order chi connectivity index (χ0) is 18.6. The first kappa shape index (κ1) is 16.8.